The van der Waals surface area contributed by atoms with Crippen LogP contribution >= 0.6 is 0 Å². The first-order chi connectivity index (χ1) is 12.0. The fourth-order valence-corrected chi connectivity index (χ4v) is 3.15. The van der Waals surface area contributed by atoms with Crippen LogP contribution in [0.3, 0.4) is 0 Å². The Hall–Kier alpha value is -2.14. The van der Waals surface area contributed by atoms with Gasteiger partial charge in [-0.2, -0.15) is 0 Å². The maximum atomic E-state index is 12.7. The summed E-state index contributed by atoms with van der Waals surface area (Å²) in [6.07, 6.45) is 4.70. The number of rotatable bonds is 5. The normalized spacial score (nSPS) is 19.9. The molecule has 2 unspecified atom stereocenters. The number of benzene rings is 1. The number of amides is 2. The third-order valence-electron chi connectivity index (χ3n) is 4.88. The van der Waals surface area contributed by atoms with Crippen molar-refractivity contribution in [3.8, 4) is 0 Å². The number of hydrogen-bond donors (Lipinski definition) is 2. The number of nitrogens with zero attached hydrogens (tertiary/aromatic N) is 1. The van der Waals surface area contributed by atoms with E-state index in [1.54, 1.807) is 11.8 Å². The van der Waals surface area contributed by atoms with Crippen molar-refractivity contribution in [3.63, 3.8) is 0 Å². The van der Waals surface area contributed by atoms with E-state index in [1.165, 1.54) is 11.1 Å². The molecule has 1 aromatic rings. The molecule has 1 saturated heterocycles. The first kappa shape index (κ1) is 17.7. The van der Waals surface area contributed by atoms with Crippen LogP contribution in [0.15, 0.2) is 35.9 Å². The number of piperidine rings is 1. The Balaban J connectivity index is 1.57. The Morgan fingerprint density at radius 1 is 1.20 bits per heavy atom. The molecule has 1 saturated carbocycles. The second-order valence-electron chi connectivity index (χ2n) is 7.04. The van der Waals surface area contributed by atoms with E-state index in [0.29, 0.717) is 13.1 Å². The molecule has 2 amide bonds. The standard InChI is InChI=1S/C20H26N2O3/c1-14(23)18(21-19(24)17-7-8-17)20(25)22-11-9-16(10-12-22)13-15-5-3-2-4-6-15/h2-6,13-14,17-18,23H,7-12H2,1H3,(H,21,24). The second kappa shape index (κ2) is 7.83. The van der Waals surface area contributed by atoms with Gasteiger partial charge in [-0.25, -0.2) is 0 Å². The lowest BCUT2D eigenvalue weighted by Crippen LogP contribution is -2.55. The van der Waals surface area contributed by atoms with Crippen molar-refractivity contribution in [1.29, 1.82) is 0 Å². The van der Waals surface area contributed by atoms with Crippen molar-refractivity contribution in [2.75, 3.05) is 13.1 Å². The van der Waals surface area contributed by atoms with Crippen LogP contribution < -0.4 is 5.32 Å². The molecule has 1 heterocycles. The monoisotopic (exact) mass is 342 g/mol. The molecule has 0 bridgehead atoms. The van der Waals surface area contributed by atoms with Crippen molar-refractivity contribution in [2.45, 2.75) is 44.8 Å². The molecule has 1 aliphatic carbocycles. The molecule has 134 valence electrons. The fourth-order valence-electron chi connectivity index (χ4n) is 3.15. The van der Waals surface area contributed by atoms with Gasteiger partial charge in [0.2, 0.25) is 11.8 Å². The van der Waals surface area contributed by atoms with Gasteiger partial charge in [0.25, 0.3) is 0 Å². The van der Waals surface area contributed by atoms with Gasteiger partial charge in [0.1, 0.15) is 6.04 Å². The quantitative estimate of drug-likeness (QED) is 0.859. The number of carbonyl (C=O) groups excluding carboxylic acids is 2. The van der Waals surface area contributed by atoms with Gasteiger partial charge >= 0.3 is 0 Å². The number of likely N-dealkylation sites (tertiary alicyclic amines) is 1. The van der Waals surface area contributed by atoms with Gasteiger partial charge < -0.3 is 15.3 Å². The maximum absolute atomic E-state index is 12.7. The summed E-state index contributed by atoms with van der Waals surface area (Å²) in [5, 5.41) is 12.7. The summed E-state index contributed by atoms with van der Waals surface area (Å²) in [6, 6.07) is 9.33. The third-order valence-corrected chi connectivity index (χ3v) is 4.88. The number of nitrogens with one attached hydrogen (secondary N) is 1. The number of aliphatic hydroxyl groups excluding tert-OH is 1. The van der Waals surface area contributed by atoms with Crippen LogP contribution in [-0.2, 0) is 9.59 Å². The zero-order valence-corrected chi connectivity index (χ0v) is 14.6. The molecule has 5 heteroatoms. The molecule has 0 aromatic heterocycles. The van der Waals surface area contributed by atoms with E-state index in [-0.39, 0.29) is 17.7 Å². The first-order valence-corrected chi connectivity index (χ1v) is 9.06. The average Bonchev–Trinajstić information content (AvgIpc) is 3.45. The second-order valence-corrected chi connectivity index (χ2v) is 7.04. The highest BCUT2D eigenvalue weighted by Crippen LogP contribution is 2.29. The Bertz CT molecular complexity index is 640. The van der Waals surface area contributed by atoms with Crippen molar-refractivity contribution < 1.29 is 14.7 Å². The van der Waals surface area contributed by atoms with Gasteiger partial charge in [-0.05, 0) is 38.2 Å². The lowest BCUT2D eigenvalue weighted by Gasteiger charge is -2.33. The lowest BCUT2D eigenvalue weighted by atomic mass is 9.99. The van der Waals surface area contributed by atoms with Crippen molar-refractivity contribution in [1.82, 2.24) is 10.2 Å². The van der Waals surface area contributed by atoms with E-state index in [4.69, 9.17) is 0 Å². The molecule has 25 heavy (non-hydrogen) atoms. The van der Waals surface area contributed by atoms with Crippen LogP contribution in [0.25, 0.3) is 6.08 Å². The van der Waals surface area contributed by atoms with E-state index in [1.807, 2.05) is 18.2 Å². The predicted molar refractivity (Wildman–Crippen MR) is 96.6 cm³/mol. The van der Waals surface area contributed by atoms with Gasteiger partial charge in [0.05, 0.1) is 6.10 Å². The lowest BCUT2D eigenvalue weighted by molar-refractivity contribution is -0.140. The Labute approximate surface area is 148 Å². The zero-order chi connectivity index (χ0) is 17.8. The highest BCUT2D eigenvalue weighted by Gasteiger charge is 2.36. The number of carbonyl (C=O) groups is 2. The Morgan fingerprint density at radius 2 is 1.84 bits per heavy atom. The molecule has 2 fully saturated rings. The minimum atomic E-state index is -0.892. The van der Waals surface area contributed by atoms with Crippen LogP contribution in [0.1, 0.15) is 38.2 Å². The van der Waals surface area contributed by atoms with E-state index < -0.39 is 12.1 Å². The molecule has 2 atom stereocenters. The third kappa shape index (κ3) is 4.69. The van der Waals surface area contributed by atoms with Crippen LogP contribution in [0.2, 0.25) is 0 Å². The average molecular weight is 342 g/mol. The van der Waals surface area contributed by atoms with E-state index in [0.717, 1.165) is 25.7 Å². The molecule has 0 radical (unpaired) electrons. The molecule has 2 N–H and O–H groups in total. The maximum Gasteiger partial charge on any atom is 0.247 e. The molecule has 5 nitrogen and oxygen atoms in total. The van der Waals surface area contributed by atoms with Gasteiger partial charge in [-0.1, -0.05) is 42.0 Å². The highest BCUT2D eigenvalue weighted by molar-refractivity contribution is 5.90. The molecular formula is C20H26N2O3. The van der Waals surface area contributed by atoms with Crippen LogP contribution in [-0.4, -0.2) is 47.1 Å². The highest BCUT2D eigenvalue weighted by atomic mass is 16.3. The number of hydrogen-bond acceptors (Lipinski definition) is 3. The van der Waals surface area contributed by atoms with Gasteiger partial charge in [0.15, 0.2) is 0 Å². The molecular weight excluding hydrogens is 316 g/mol. The number of aliphatic hydroxyl groups is 1. The van der Waals surface area contributed by atoms with Gasteiger partial charge in [-0.3, -0.25) is 9.59 Å². The van der Waals surface area contributed by atoms with Crippen molar-refractivity contribution in [3.05, 3.63) is 41.5 Å². The smallest absolute Gasteiger partial charge is 0.247 e. The fraction of sp³-hybridized carbons (Fsp3) is 0.500. The summed E-state index contributed by atoms with van der Waals surface area (Å²) >= 11 is 0. The molecule has 2 aliphatic rings. The molecule has 3 rings (SSSR count). The van der Waals surface area contributed by atoms with Gasteiger partial charge in [0, 0.05) is 19.0 Å². The first-order valence-electron chi connectivity index (χ1n) is 9.06. The minimum Gasteiger partial charge on any atom is -0.391 e. The Kier molecular flexibility index (Phi) is 5.53. The van der Waals surface area contributed by atoms with E-state index in [9.17, 15) is 14.7 Å². The summed E-state index contributed by atoms with van der Waals surface area (Å²) in [4.78, 5) is 26.4. The largest absolute Gasteiger partial charge is 0.391 e. The van der Waals surface area contributed by atoms with Crippen molar-refractivity contribution in [2.24, 2.45) is 5.92 Å². The summed E-state index contributed by atoms with van der Waals surface area (Å²) in [7, 11) is 0. The topological polar surface area (TPSA) is 69.6 Å². The Morgan fingerprint density at radius 3 is 2.40 bits per heavy atom. The summed E-state index contributed by atoms with van der Waals surface area (Å²) < 4.78 is 0. The SMILES string of the molecule is CC(O)C(NC(=O)C1CC1)C(=O)N1CCC(=Cc2ccccc2)CC1. The van der Waals surface area contributed by atoms with Crippen LogP contribution in [0.4, 0.5) is 0 Å². The van der Waals surface area contributed by atoms with Gasteiger partial charge in [-0.15, -0.1) is 0 Å². The minimum absolute atomic E-state index is 0.0239. The zero-order valence-electron chi connectivity index (χ0n) is 14.6. The van der Waals surface area contributed by atoms with Crippen molar-refractivity contribution >= 4 is 17.9 Å². The van der Waals surface area contributed by atoms with Crippen LogP contribution in [0.5, 0.6) is 0 Å². The predicted octanol–water partition coefficient (Wildman–Crippen LogP) is 1.97. The molecule has 0 spiro atoms. The van der Waals surface area contributed by atoms with E-state index in [2.05, 4.69) is 23.5 Å². The molecule has 1 aliphatic heterocycles. The van der Waals surface area contributed by atoms with E-state index >= 15 is 0 Å². The molecule has 1 aromatic carbocycles. The van der Waals surface area contributed by atoms with Crippen LogP contribution in [0, 0.1) is 5.92 Å². The summed E-state index contributed by atoms with van der Waals surface area (Å²) in [5.41, 5.74) is 2.50. The summed E-state index contributed by atoms with van der Waals surface area (Å²) in [6.45, 7) is 2.81. The summed E-state index contributed by atoms with van der Waals surface area (Å²) in [5.74, 6) is -0.264.